The van der Waals surface area contributed by atoms with E-state index in [0.717, 1.165) is 30.9 Å². The van der Waals surface area contributed by atoms with Crippen molar-refractivity contribution in [2.45, 2.75) is 51.0 Å². The fourth-order valence-electron chi connectivity index (χ4n) is 2.11. The minimum absolute atomic E-state index is 0.254. The number of hydrogen-bond donors (Lipinski definition) is 2. The zero-order valence-electron chi connectivity index (χ0n) is 8.66. The fraction of sp³-hybridized carbons (Fsp3) is 0.800. The number of aromatic amines is 1. The van der Waals surface area contributed by atoms with Gasteiger partial charge in [0.2, 0.25) is 0 Å². The smallest absolute Gasteiger partial charge is 0.155 e. The van der Waals surface area contributed by atoms with Crippen molar-refractivity contribution in [1.82, 2.24) is 15.2 Å². The number of nitrogens with one attached hydrogen (secondary N) is 1. The van der Waals surface area contributed by atoms with Crippen LogP contribution in [0.3, 0.4) is 0 Å². The molecule has 2 atom stereocenters. The summed E-state index contributed by atoms with van der Waals surface area (Å²) in [6.07, 6.45) is 5.68. The van der Waals surface area contributed by atoms with Gasteiger partial charge in [0.25, 0.3) is 0 Å². The van der Waals surface area contributed by atoms with Crippen LogP contribution < -0.4 is 5.73 Å². The van der Waals surface area contributed by atoms with Crippen molar-refractivity contribution < 1.29 is 0 Å². The lowest BCUT2D eigenvalue weighted by Crippen LogP contribution is -2.32. The Balaban J connectivity index is 2.12. The number of rotatable bonds is 2. The molecule has 0 amide bonds. The molecule has 1 saturated carbocycles. The van der Waals surface area contributed by atoms with Gasteiger partial charge in [-0.1, -0.05) is 19.8 Å². The molecule has 14 heavy (non-hydrogen) atoms. The molecule has 78 valence electrons. The number of nitrogens with zero attached hydrogens (tertiary/aromatic N) is 2. The molecule has 1 aromatic heterocycles. The number of H-pyrrole nitrogens is 1. The third kappa shape index (κ3) is 1.80. The third-order valence-corrected chi connectivity index (χ3v) is 3.03. The van der Waals surface area contributed by atoms with Crippen molar-refractivity contribution >= 4 is 0 Å². The Kier molecular flexibility index (Phi) is 2.82. The molecule has 0 saturated heterocycles. The Morgan fingerprint density at radius 2 is 2.21 bits per heavy atom. The van der Waals surface area contributed by atoms with Crippen LogP contribution in [0.25, 0.3) is 0 Å². The molecule has 0 spiro atoms. The highest BCUT2D eigenvalue weighted by atomic mass is 15.2. The number of hydrogen-bond acceptors (Lipinski definition) is 3. The van der Waals surface area contributed by atoms with Crippen LogP contribution in [0.1, 0.15) is 50.2 Å². The Morgan fingerprint density at radius 3 is 2.86 bits per heavy atom. The van der Waals surface area contributed by atoms with Gasteiger partial charge >= 0.3 is 0 Å². The molecule has 0 radical (unpaired) electrons. The van der Waals surface area contributed by atoms with Gasteiger partial charge in [0, 0.05) is 18.4 Å². The predicted octanol–water partition coefficient (Wildman–Crippen LogP) is 1.35. The summed E-state index contributed by atoms with van der Waals surface area (Å²) < 4.78 is 0. The zero-order valence-corrected chi connectivity index (χ0v) is 8.66. The summed E-state index contributed by atoms with van der Waals surface area (Å²) in [6, 6.07) is 0.254. The summed E-state index contributed by atoms with van der Waals surface area (Å²) in [7, 11) is 0. The molecule has 1 aliphatic rings. The Bertz CT molecular complexity index is 294. The summed E-state index contributed by atoms with van der Waals surface area (Å²) in [6.45, 7) is 2.07. The van der Waals surface area contributed by atoms with Crippen LogP contribution in [-0.2, 0) is 6.42 Å². The quantitative estimate of drug-likeness (QED) is 0.746. The van der Waals surface area contributed by atoms with Gasteiger partial charge < -0.3 is 5.73 Å². The minimum Gasteiger partial charge on any atom is -0.327 e. The van der Waals surface area contributed by atoms with Crippen LogP contribution in [0.2, 0.25) is 0 Å². The topological polar surface area (TPSA) is 67.6 Å². The predicted molar refractivity (Wildman–Crippen MR) is 54.9 cm³/mol. The van der Waals surface area contributed by atoms with Gasteiger partial charge in [-0.3, -0.25) is 5.10 Å². The van der Waals surface area contributed by atoms with Gasteiger partial charge in [0.15, 0.2) is 5.82 Å². The highest BCUT2D eigenvalue weighted by Gasteiger charge is 2.26. The molecule has 2 rings (SSSR count). The maximum Gasteiger partial charge on any atom is 0.155 e. The van der Waals surface area contributed by atoms with E-state index in [0.29, 0.717) is 5.92 Å². The van der Waals surface area contributed by atoms with E-state index in [4.69, 9.17) is 5.73 Å². The first-order chi connectivity index (χ1) is 6.81. The second-order valence-corrected chi connectivity index (χ2v) is 4.05. The van der Waals surface area contributed by atoms with E-state index in [9.17, 15) is 0 Å². The fourth-order valence-corrected chi connectivity index (χ4v) is 2.11. The molecule has 0 bridgehead atoms. The summed E-state index contributed by atoms with van der Waals surface area (Å²) in [5.74, 6) is 2.27. The maximum atomic E-state index is 6.07. The molecule has 1 aromatic rings. The molecular formula is C10H18N4. The largest absolute Gasteiger partial charge is 0.327 e. The van der Waals surface area contributed by atoms with Crippen molar-refractivity contribution in [2.24, 2.45) is 5.73 Å². The van der Waals surface area contributed by atoms with Crippen LogP contribution in [0.5, 0.6) is 0 Å². The van der Waals surface area contributed by atoms with Crippen LogP contribution in [0.4, 0.5) is 0 Å². The van der Waals surface area contributed by atoms with E-state index in [1.807, 2.05) is 0 Å². The number of nitrogens with two attached hydrogens (primary N) is 1. The van der Waals surface area contributed by atoms with Gasteiger partial charge in [-0.15, -0.1) is 0 Å². The van der Waals surface area contributed by atoms with Crippen LogP contribution >= 0.6 is 0 Å². The average molecular weight is 194 g/mol. The van der Waals surface area contributed by atoms with Gasteiger partial charge in [0.1, 0.15) is 5.82 Å². The van der Waals surface area contributed by atoms with Crippen molar-refractivity contribution in [3.05, 3.63) is 11.6 Å². The minimum atomic E-state index is 0.254. The van der Waals surface area contributed by atoms with E-state index < -0.39 is 0 Å². The van der Waals surface area contributed by atoms with Crippen molar-refractivity contribution in [1.29, 1.82) is 0 Å². The number of aryl methyl sites for hydroxylation is 1. The van der Waals surface area contributed by atoms with Gasteiger partial charge in [0.05, 0.1) is 0 Å². The van der Waals surface area contributed by atoms with E-state index in [1.54, 1.807) is 0 Å². The Labute approximate surface area is 84.3 Å². The highest BCUT2D eigenvalue weighted by molar-refractivity contribution is 5.03. The molecule has 4 nitrogen and oxygen atoms in total. The molecule has 2 unspecified atom stereocenters. The third-order valence-electron chi connectivity index (χ3n) is 3.03. The van der Waals surface area contributed by atoms with Crippen LogP contribution in [0, 0.1) is 0 Å². The van der Waals surface area contributed by atoms with Crippen molar-refractivity contribution in [2.75, 3.05) is 0 Å². The second kappa shape index (κ2) is 4.09. The summed E-state index contributed by atoms with van der Waals surface area (Å²) >= 11 is 0. The molecule has 0 aromatic carbocycles. The molecule has 3 N–H and O–H groups in total. The molecule has 1 fully saturated rings. The van der Waals surface area contributed by atoms with E-state index in [2.05, 4.69) is 22.1 Å². The molecule has 0 aliphatic heterocycles. The molecule has 1 aliphatic carbocycles. The van der Waals surface area contributed by atoms with Crippen molar-refractivity contribution in [3.63, 3.8) is 0 Å². The zero-order chi connectivity index (χ0) is 9.97. The lowest BCUT2D eigenvalue weighted by Gasteiger charge is -2.25. The van der Waals surface area contributed by atoms with Crippen LogP contribution in [0.15, 0.2) is 0 Å². The highest BCUT2D eigenvalue weighted by Crippen LogP contribution is 2.29. The van der Waals surface area contributed by atoms with Gasteiger partial charge in [-0.2, -0.15) is 5.10 Å². The van der Waals surface area contributed by atoms with Gasteiger partial charge in [-0.25, -0.2) is 4.98 Å². The van der Waals surface area contributed by atoms with Crippen molar-refractivity contribution in [3.8, 4) is 0 Å². The van der Waals surface area contributed by atoms with Gasteiger partial charge in [-0.05, 0) is 12.8 Å². The monoisotopic (exact) mass is 194 g/mol. The molecular weight excluding hydrogens is 176 g/mol. The molecule has 1 heterocycles. The standard InChI is InChI=1S/C10H18N4/c1-2-9-12-10(14-13-9)7-5-3-4-6-8(7)11/h7-8H,2-6,11H2,1H3,(H,12,13,14). The molecule has 4 heteroatoms. The van der Waals surface area contributed by atoms with Crippen LogP contribution in [-0.4, -0.2) is 21.2 Å². The Hall–Kier alpha value is -0.900. The normalized spacial score (nSPS) is 27.9. The Morgan fingerprint density at radius 1 is 1.43 bits per heavy atom. The van der Waals surface area contributed by atoms with E-state index in [-0.39, 0.29) is 6.04 Å². The summed E-state index contributed by atoms with van der Waals surface area (Å²) in [5.41, 5.74) is 6.07. The average Bonchev–Trinajstić information content (AvgIpc) is 2.67. The lowest BCUT2D eigenvalue weighted by molar-refractivity contribution is 0.373. The lowest BCUT2D eigenvalue weighted by atomic mass is 9.84. The summed E-state index contributed by atoms with van der Waals surface area (Å²) in [4.78, 5) is 4.46. The first kappa shape index (κ1) is 9.65. The SMILES string of the molecule is CCc1nc(C2CCCCC2N)n[nH]1. The number of aromatic nitrogens is 3. The second-order valence-electron chi connectivity index (χ2n) is 4.05. The summed E-state index contributed by atoms with van der Waals surface area (Å²) in [5, 5.41) is 7.20. The first-order valence-corrected chi connectivity index (χ1v) is 5.48. The maximum absolute atomic E-state index is 6.07. The first-order valence-electron chi connectivity index (χ1n) is 5.48. The van der Waals surface area contributed by atoms with E-state index >= 15 is 0 Å². The van der Waals surface area contributed by atoms with E-state index in [1.165, 1.54) is 12.8 Å².